The molecule has 4 bridgehead atoms. The first kappa shape index (κ1) is 20.5. The molecule has 0 aliphatic heterocycles. The van der Waals surface area contributed by atoms with Gasteiger partial charge in [0.1, 0.15) is 0 Å². The van der Waals surface area contributed by atoms with Gasteiger partial charge in [0.05, 0.1) is 11.1 Å². The highest BCUT2D eigenvalue weighted by molar-refractivity contribution is 5.95. The third kappa shape index (κ3) is 3.87. The van der Waals surface area contributed by atoms with Crippen LogP contribution in [-0.2, 0) is 12.4 Å². The van der Waals surface area contributed by atoms with Crippen molar-refractivity contribution in [2.24, 2.45) is 23.2 Å². The Morgan fingerprint density at radius 2 is 1.31 bits per heavy atom. The SMILES string of the molecule is C[C@@H](NC(=O)c1cc(C(F)(F)F)cc(C(F)(F)F)c1)C12CC3CC(CC(C3)C1)C2. The lowest BCUT2D eigenvalue weighted by atomic mass is 9.48. The van der Waals surface area contributed by atoms with E-state index in [1.54, 1.807) is 0 Å². The summed E-state index contributed by atoms with van der Waals surface area (Å²) in [4.78, 5) is 12.7. The van der Waals surface area contributed by atoms with Gasteiger partial charge in [-0.25, -0.2) is 0 Å². The number of halogens is 6. The fourth-order valence-electron chi connectivity index (χ4n) is 6.23. The Bertz CT molecular complexity index is 745. The van der Waals surface area contributed by atoms with Crippen LogP contribution in [0.2, 0.25) is 0 Å². The molecule has 1 atom stereocenters. The zero-order valence-electron chi connectivity index (χ0n) is 16.0. The zero-order chi connectivity index (χ0) is 21.2. The van der Waals surface area contributed by atoms with E-state index in [1.807, 2.05) is 6.92 Å². The number of carbonyl (C=O) groups is 1. The fourth-order valence-corrected chi connectivity index (χ4v) is 6.23. The van der Waals surface area contributed by atoms with Crippen molar-refractivity contribution < 1.29 is 31.1 Å². The van der Waals surface area contributed by atoms with Crippen LogP contribution in [0.3, 0.4) is 0 Å². The molecule has 4 fully saturated rings. The summed E-state index contributed by atoms with van der Waals surface area (Å²) in [5.74, 6) is 0.966. The second kappa shape index (κ2) is 6.64. The minimum Gasteiger partial charge on any atom is -0.349 e. The minimum atomic E-state index is -4.97. The van der Waals surface area contributed by atoms with Gasteiger partial charge in [0.15, 0.2) is 0 Å². The van der Waals surface area contributed by atoms with E-state index in [2.05, 4.69) is 5.32 Å². The summed E-state index contributed by atoms with van der Waals surface area (Å²) >= 11 is 0. The first-order valence-corrected chi connectivity index (χ1v) is 9.96. The molecule has 0 spiro atoms. The molecule has 4 aliphatic carbocycles. The third-order valence-electron chi connectivity index (χ3n) is 7.20. The molecule has 1 amide bonds. The maximum Gasteiger partial charge on any atom is 0.416 e. The molecule has 4 aliphatic rings. The molecule has 160 valence electrons. The minimum absolute atomic E-state index is 0.0410. The number of amides is 1. The van der Waals surface area contributed by atoms with Crippen molar-refractivity contribution in [1.82, 2.24) is 5.32 Å². The van der Waals surface area contributed by atoms with Crippen LogP contribution in [0.5, 0.6) is 0 Å². The van der Waals surface area contributed by atoms with E-state index in [0.717, 1.165) is 19.3 Å². The van der Waals surface area contributed by atoms with Crippen molar-refractivity contribution in [3.8, 4) is 0 Å². The Balaban J connectivity index is 1.58. The van der Waals surface area contributed by atoms with Crippen molar-refractivity contribution >= 4 is 5.91 Å². The molecule has 0 saturated heterocycles. The average molecular weight is 419 g/mol. The van der Waals surface area contributed by atoms with Crippen LogP contribution in [0.25, 0.3) is 0 Å². The maximum atomic E-state index is 13.1. The van der Waals surface area contributed by atoms with Crippen molar-refractivity contribution in [2.75, 3.05) is 0 Å². The van der Waals surface area contributed by atoms with E-state index in [-0.39, 0.29) is 17.5 Å². The number of alkyl halides is 6. The largest absolute Gasteiger partial charge is 0.416 e. The predicted octanol–water partition coefficient (Wildman–Crippen LogP) is 6.06. The second-order valence-electron chi connectivity index (χ2n) is 9.27. The summed E-state index contributed by atoms with van der Waals surface area (Å²) < 4.78 is 78.4. The molecule has 2 nitrogen and oxygen atoms in total. The highest BCUT2D eigenvalue weighted by Gasteiger charge is 2.53. The number of hydrogen-bond acceptors (Lipinski definition) is 1. The zero-order valence-corrected chi connectivity index (χ0v) is 16.0. The summed E-state index contributed by atoms with van der Waals surface area (Å²) in [5.41, 5.74) is -3.65. The van der Waals surface area contributed by atoms with Crippen LogP contribution >= 0.6 is 0 Å². The van der Waals surface area contributed by atoms with Gasteiger partial charge >= 0.3 is 12.4 Å². The van der Waals surface area contributed by atoms with Gasteiger partial charge in [-0.3, -0.25) is 4.79 Å². The Hall–Kier alpha value is -1.73. The Morgan fingerprint density at radius 1 is 0.897 bits per heavy atom. The number of benzene rings is 1. The van der Waals surface area contributed by atoms with Crippen LogP contribution in [0.4, 0.5) is 26.3 Å². The van der Waals surface area contributed by atoms with E-state index in [1.165, 1.54) is 19.3 Å². The molecule has 1 aromatic carbocycles. The Kier molecular flexibility index (Phi) is 4.70. The van der Waals surface area contributed by atoms with Gasteiger partial charge in [0.2, 0.25) is 0 Å². The van der Waals surface area contributed by atoms with E-state index in [0.29, 0.717) is 29.9 Å². The van der Waals surface area contributed by atoms with Crippen LogP contribution in [0.15, 0.2) is 18.2 Å². The summed E-state index contributed by atoms with van der Waals surface area (Å²) in [5, 5.41) is 2.74. The van der Waals surface area contributed by atoms with Crippen LogP contribution < -0.4 is 5.32 Å². The lowest BCUT2D eigenvalue weighted by Crippen LogP contribution is -2.55. The lowest BCUT2D eigenvalue weighted by molar-refractivity contribution is -0.143. The number of hydrogen-bond donors (Lipinski definition) is 1. The number of rotatable bonds is 3. The molecule has 8 heteroatoms. The molecule has 29 heavy (non-hydrogen) atoms. The van der Waals surface area contributed by atoms with Gasteiger partial charge in [-0.15, -0.1) is 0 Å². The van der Waals surface area contributed by atoms with Crippen molar-refractivity contribution in [1.29, 1.82) is 0 Å². The number of carbonyl (C=O) groups excluding carboxylic acids is 1. The fraction of sp³-hybridized carbons (Fsp3) is 0.667. The normalized spacial score (nSPS) is 32.3. The highest BCUT2D eigenvalue weighted by Crippen LogP contribution is 2.61. The second-order valence-corrected chi connectivity index (χ2v) is 9.27. The number of nitrogens with one attached hydrogen (secondary N) is 1. The topological polar surface area (TPSA) is 29.1 Å². The van der Waals surface area contributed by atoms with E-state index in [4.69, 9.17) is 0 Å². The van der Waals surface area contributed by atoms with Gasteiger partial charge in [0, 0.05) is 11.6 Å². The van der Waals surface area contributed by atoms with Gasteiger partial charge < -0.3 is 5.32 Å². The average Bonchev–Trinajstić information content (AvgIpc) is 2.58. The monoisotopic (exact) mass is 419 g/mol. The molecule has 0 heterocycles. The van der Waals surface area contributed by atoms with Crippen molar-refractivity contribution in [3.63, 3.8) is 0 Å². The summed E-state index contributed by atoms with van der Waals surface area (Å²) in [6.07, 6.45) is -3.44. The molecule has 1 aromatic rings. The van der Waals surface area contributed by atoms with Crippen LogP contribution in [0.1, 0.15) is 66.9 Å². The van der Waals surface area contributed by atoms with E-state index in [9.17, 15) is 31.1 Å². The summed E-state index contributed by atoms with van der Waals surface area (Å²) in [6.45, 7) is 1.84. The molecule has 4 saturated carbocycles. The molecular formula is C21H23F6NO. The first-order chi connectivity index (χ1) is 13.4. The predicted molar refractivity (Wildman–Crippen MR) is 94.0 cm³/mol. The summed E-state index contributed by atoms with van der Waals surface area (Å²) in [6, 6.07) is 0.736. The van der Waals surface area contributed by atoms with Crippen LogP contribution in [0, 0.1) is 23.2 Å². The summed E-state index contributed by atoms with van der Waals surface area (Å²) in [7, 11) is 0. The molecule has 0 aromatic heterocycles. The van der Waals surface area contributed by atoms with Crippen LogP contribution in [-0.4, -0.2) is 11.9 Å². The first-order valence-electron chi connectivity index (χ1n) is 9.96. The Morgan fingerprint density at radius 3 is 1.69 bits per heavy atom. The highest BCUT2D eigenvalue weighted by atomic mass is 19.4. The quantitative estimate of drug-likeness (QED) is 0.593. The lowest BCUT2D eigenvalue weighted by Gasteiger charge is -2.59. The molecule has 5 rings (SSSR count). The van der Waals surface area contributed by atoms with Gasteiger partial charge in [-0.05, 0) is 86.8 Å². The van der Waals surface area contributed by atoms with Gasteiger partial charge in [0.25, 0.3) is 5.91 Å². The molecule has 0 radical (unpaired) electrons. The molecular weight excluding hydrogens is 396 g/mol. The van der Waals surface area contributed by atoms with E-state index >= 15 is 0 Å². The maximum absolute atomic E-state index is 13.1. The smallest absolute Gasteiger partial charge is 0.349 e. The molecule has 1 N–H and O–H groups in total. The third-order valence-corrected chi connectivity index (χ3v) is 7.20. The Labute approximate surface area is 165 Å². The van der Waals surface area contributed by atoms with Gasteiger partial charge in [-0.1, -0.05) is 0 Å². The van der Waals surface area contributed by atoms with Crippen molar-refractivity contribution in [2.45, 2.75) is 63.8 Å². The van der Waals surface area contributed by atoms with Gasteiger partial charge in [-0.2, -0.15) is 26.3 Å². The van der Waals surface area contributed by atoms with Crippen molar-refractivity contribution in [3.05, 3.63) is 34.9 Å². The van der Waals surface area contributed by atoms with E-state index < -0.39 is 35.0 Å². The standard InChI is InChI=1S/C21H23F6NO/c1-11(19-8-12-2-13(9-19)4-14(3-12)10-19)28-18(29)15-5-16(20(22,23)24)7-17(6-15)21(25,26)27/h5-7,11-14H,2-4,8-10H2,1H3,(H,28,29)/t11-,12?,13?,14?,19?/m1/s1. The molecule has 0 unspecified atom stereocenters.